The van der Waals surface area contributed by atoms with Gasteiger partial charge in [0.05, 0.1) is 12.7 Å². The van der Waals surface area contributed by atoms with Gasteiger partial charge in [-0.2, -0.15) is 0 Å². The number of hydrogen-bond donors (Lipinski definition) is 1. The van der Waals surface area contributed by atoms with Crippen LogP contribution in [0.4, 0.5) is 5.69 Å². The van der Waals surface area contributed by atoms with Crippen LogP contribution >= 0.6 is 0 Å². The molecule has 0 atom stereocenters. The highest BCUT2D eigenvalue weighted by Gasteiger charge is 2.14. The number of carbonyl (C=O) groups is 1. The number of nitrogens with two attached hydrogens (primary N) is 1. The molecule has 3 nitrogen and oxygen atoms in total. The molecule has 0 bridgehead atoms. The Hall–Kier alpha value is -1.51. The average molecular weight is 193 g/mol. The molecule has 0 aliphatic heterocycles. The van der Waals surface area contributed by atoms with Gasteiger partial charge in [-0.1, -0.05) is 25.5 Å². The van der Waals surface area contributed by atoms with E-state index in [-0.39, 0.29) is 5.97 Å². The molecule has 0 saturated heterocycles. The normalized spacial score (nSPS) is 9.86. The summed E-state index contributed by atoms with van der Waals surface area (Å²) in [5, 5.41) is 0. The first-order valence-electron chi connectivity index (χ1n) is 4.66. The molecule has 0 heterocycles. The van der Waals surface area contributed by atoms with Gasteiger partial charge in [0.25, 0.3) is 0 Å². The Morgan fingerprint density at radius 3 is 2.79 bits per heavy atom. The van der Waals surface area contributed by atoms with Gasteiger partial charge in [-0.15, -0.1) is 0 Å². The number of rotatable bonds is 3. The van der Waals surface area contributed by atoms with E-state index in [0.29, 0.717) is 11.3 Å². The van der Waals surface area contributed by atoms with Crippen molar-refractivity contribution in [1.29, 1.82) is 0 Å². The summed E-state index contributed by atoms with van der Waals surface area (Å²) in [6.45, 7) is 2.06. The fraction of sp³-hybridized carbons (Fsp3) is 0.364. The third-order valence-electron chi connectivity index (χ3n) is 2.09. The van der Waals surface area contributed by atoms with Crippen molar-refractivity contribution in [2.75, 3.05) is 12.8 Å². The molecule has 1 aromatic rings. The molecule has 1 rings (SSSR count). The molecule has 2 N–H and O–H groups in total. The minimum atomic E-state index is -0.355. The van der Waals surface area contributed by atoms with E-state index in [1.165, 1.54) is 7.11 Å². The van der Waals surface area contributed by atoms with Crippen LogP contribution in [0.5, 0.6) is 0 Å². The van der Waals surface area contributed by atoms with Crippen LogP contribution in [0, 0.1) is 0 Å². The van der Waals surface area contributed by atoms with E-state index in [2.05, 4.69) is 11.7 Å². The second-order valence-electron chi connectivity index (χ2n) is 3.12. The maximum atomic E-state index is 11.4. The molecule has 0 unspecified atom stereocenters. The highest BCUT2D eigenvalue weighted by Crippen LogP contribution is 2.19. The van der Waals surface area contributed by atoms with E-state index >= 15 is 0 Å². The van der Waals surface area contributed by atoms with Crippen molar-refractivity contribution < 1.29 is 9.53 Å². The van der Waals surface area contributed by atoms with Crippen molar-refractivity contribution in [1.82, 2.24) is 0 Å². The molecule has 14 heavy (non-hydrogen) atoms. The van der Waals surface area contributed by atoms with Crippen molar-refractivity contribution in [3.05, 3.63) is 29.3 Å². The molecule has 0 fully saturated rings. The largest absolute Gasteiger partial charge is 0.465 e. The van der Waals surface area contributed by atoms with Crippen molar-refractivity contribution in [3.63, 3.8) is 0 Å². The van der Waals surface area contributed by atoms with Crippen LogP contribution in [-0.2, 0) is 11.2 Å². The average Bonchev–Trinajstić information content (AvgIpc) is 2.18. The van der Waals surface area contributed by atoms with E-state index in [0.717, 1.165) is 18.4 Å². The Balaban J connectivity index is 3.15. The quantitative estimate of drug-likeness (QED) is 0.590. The summed E-state index contributed by atoms with van der Waals surface area (Å²) in [6, 6.07) is 5.48. The topological polar surface area (TPSA) is 52.3 Å². The number of ether oxygens (including phenoxy) is 1. The summed E-state index contributed by atoms with van der Waals surface area (Å²) in [6.07, 6.45) is 1.82. The summed E-state index contributed by atoms with van der Waals surface area (Å²) in [7, 11) is 1.37. The second kappa shape index (κ2) is 4.65. The molecule has 3 heteroatoms. The molecule has 76 valence electrons. The van der Waals surface area contributed by atoms with Gasteiger partial charge >= 0.3 is 5.97 Å². The van der Waals surface area contributed by atoms with Gasteiger partial charge in [0.15, 0.2) is 0 Å². The number of nitrogen functional groups attached to an aromatic ring is 1. The van der Waals surface area contributed by atoms with E-state index in [9.17, 15) is 4.79 Å². The van der Waals surface area contributed by atoms with Crippen LogP contribution in [-0.4, -0.2) is 13.1 Å². The molecule has 0 aliphatic carbocycles. The first-order chi connectivity index (χ1) is 6.70. The van der Waals surface area contributed by atoms with Crippen LogP contribution in [0.2, 0.25) is 0 Å². The zero-order valence-electron chi connectivity index (χ0n) is 8.54. The molecule has 0 spiro atoms. The van der Waals surface area contributed by atoms with Gasteiger partial charge in [-0.25, -0.2) is 4.79 Å². The van der Waals surface area contributed by atoms with E-state index in [4.69, 9.17) is 5.73 Å². The summed E-state index contributed by atoms with van der Waals surface area (Å²) < 4.78 is 4.69. The van der Waals surface area contributed by atoms with Crippen molar-refractivity contribution in [2.24, 2.45) is 0 Å². The van der Waals surface area contributed by atoms with Crippen LogP contribution in [0.3, 0.4) is 0 Å². The minimum Gasteiger partial charge on any atom is -0.465 e. The lowest BCUT2D eigenvalue weighted by atomic mass is 10.0. The maximum absolute atomic E-state index is 11.4. The van der Waals surface area contributed by atoms with Gasteiger partial charge in [0.1, 0.15) is 0 Å². The third-order valence-corrected chi connectivity index (χ3v) is 2.09. The summed E-state index contributed by atoms with van der Waals surface area (Å²) >= 11 is 0. The number of methoxy groups -OCH3 is 1. The van der Waals surface area contributed by atoms with Crippen LogP contribution < -0.4 is 5.73 Å². The van der Waals surface area contributed by atoms with Crippen LogP contribution in [0.25, 0.3) is 0 Å². The van der Waals surface area contributed by atoms with Gasteiger partial charge < -0.3 is 10.5 Å². The molecule has 0 aliphatic rings. The number of carbonyl (C=O) groups excluding carboxylic acids is 1. The molecular formula is C11H15NO2. The number of esters is 1. The fourth-order valence-electron chi connectivity index (χ4n) is 1.45. The zero-order valence-corrected chi connectivity index (χ0v) is 8.54. The van der Waals surface area contributed by atoms with Crippen LogP contribution in [0.15, 0.2) is 18.2 Å². The monoisotopic (exact) mass is 193 g/mol. The molecule has 1 aromatic carbocycles. The first-order valence-corrected chi connectivity index (χ1v) is 4.66. The van der Waals surface area contributed by atoms with Gasteiger partial charge in [-0.3, -0.25) is 0 Å². The number of anilines is 1. The standard InChI is InChI=1S/C11H15NO2/c1-3-5-8-6-4-7-9(12)10(8)11(13)14-2/h4,6-7H,3,5,12H2,1-2H3. The molecule has 0 aromatic heterocycles. The Morgan fingerprint density at radius 2 is 2.21 bits per heavy atom. The first kappa shape index (κ1) is 10.6. The number of hydrogen-bond acceptors (Lipinski definition) is 3. The summed E-state index contributed by atoms with van der Waals surface area (Å²) in [5.41, 5.74) is 7.68. The minimum absolute atomic E-state index is 0.355. The van der Waals surface area contributed by atoms with E-state index in [1.807, 2.05) is 12.1 Å². The highest BCUT2D eigenvalue weighted by molar-refractivity contribution is 5.96. The second-order valence-corrected chi connectivity index (χ2v) is 3.12. The Kier molecular flexibility index (Phi) is 3.51. The van der Waals surface area contributed by atoms with Crippen molar-refractivity contribution in [3.8, 4) is 0 Å². The Morgan fingerprint density at radius 1 is 1.50 bits per heavy atom. The van der Waals surface area contributed by atoms with E-state index in [1.54, 1.807) is 6.07 Å². The molecular weight excluding hydrogens is 178 g/mol. The Labute approximate surface area is 83.9 Å². The van der Waals surface area contributed by atoms with Crippen LogP contribution in [0.1, 0.15) is 29.3 Å². The SMILES string of the molecule is CCCc1cccc(N)c1C(=O)OC. The number of aryl methyl sites for hydroxylation is 1. The summed E-state index contributed by atoms with van der Waals surface area (Å²) in [4.78, 5) is 11.4. The zero-order chi connectivity index (χ0) is 10.6. The fourth-order valence-corrected chi connectivity index (χ4v) is 1.45. The molecule has 0 amide bonds. The van der Waals surface area contributed by atoms with E-state index < -0.39 is 0 Å². The van der Waals surface area contributed by atoms with Gasteiger partial charge in [0, 0.05) is 5.69 Å². The lowest BCUT2D eigenvalue weighted by molar-refractivity contribution is 0.0600. The van der Waals surface area contributed by atoms with Crippen molar-refractivity contribution >= 4 is 11.7 Å². The van der Waals surface area contributed by atoms with Gasteiger partial charge in [-0.05, 0) is 18.1 Å². The highest BCUT2D eigenvalue weighted by atomic mass is 16.5. The molecule has 0 saturated carbocycles. The maximum Gasteiger partial charge on any atom is 0.340 e. The molecule has 0 radical (unpaired) electrons. The Bertz CT molecular complexity index is 334. The predicted octanol–water partition coefficient (Wildman–Crippen LogP) is 2.01. The van der Waals surface area contributed by atoms with Gasteiger partial charge in [0.2, 0.25) is 0 Å². The third kappa shape index (κ3) is 2.05. The predicted molar refractivity (Wildman–Crippen MR) is 56.2 cm³/mol. The smallest absolute Gasteiger partial charge is 0.340 e. The lowest BCUT2D eigenvalue weighted by Crippen LogP contribution is -2.09. The van der Waals surface area contributed by atoms with Crippen molar-refractivity contribution in [2.45, 2.75) is 19.8 Å². The summed E-state index contributed by atoms with van der Waals surface area (Å²) in [5.74, 6) is -0.355. The lowest BCUT2D eigenvalue weighted by Gasteiger charge is -2.09. The number of benzene rings is 1.